The van der Waals surface area contributed by atoms with E-state index in [1.807, 2.05) is 18.2 Å². The second-order valence-corrected chi connectivity index (χ2v) is 4.58. The van der Waals surface area contributed by atoms with Crippen molar-refractivity contribution in [2.24, 2.45) is 0 Å². The average molecular weight is 482 g/mol. The first-order valence-corrected chi connectivity index (χ1v) is 6.79. The third-order valence-corrected chi connectivity index (χ3v) is 2.83. The minimum absolute atomic E-state index is 0. The molecular formula is C7H9ClO6P2Pt. The first kappa shape index (κ1) is 19.8. The van der Waals surface area contributed by atoms with Gasteiger partial charge in [-0.2, -0.15) is 0 Å². The molecule has 0 aromatic heterocycles. The first-order chi connectivity index (χ1) is 7.43. The second-order valence-electron chi connectivity index (χ2n) is 2.35. The number of hydrogen-bond donors (Lipinski definition) is 1. The van der Waals surface area contributed by atoms with Crippen LogP contribution in [0.5, 0.6) is 0 Å². The van der Waals surface area contributed by atoms with Crippen LogP contribution in [0.2, 0.25) is 0 Å². The average Bonchev–Trinajstić information content (AvgIpc) is 2.17. The van der Waals surface area contributed by atoms with Crippen LogP contribution in [0, 0.1) is 0 Å². The van der Waals surface area contributed by atoms with Crippen molar-refractivity contribution < 1.29 is 49.4 Å². The summed E-state index contributed by atoms with van der Waals surface area (Å²) in [6.07, 6.45) is 0. The van der Waals surface area contributed by atoms with Crippen LogP contribution in [0.15, 0.2) is 30.3 Å². The zero-order valence-electron chi connectivity index (χ0n) is 8.15. The number of alkyl halides is 1. The molecule has 1 aromatic rings. The summed E-state index contributed by atoms with van der Waals surface area (Å²) in [5.41, 5.74) is -0.134. The Balaban J connectivity index is 0. The molecule has 0 saturated carbocycles. The number of halogens is 1. The number of aliphatic hydroxyl groups is 1. The molecule has 0 amide bonds. The normalized spacial score (nSPS) is 14.6. The summed E-state index contributed by atoms with van der Waals surface area (Å²) in [4.78, 5) is 18.6. The van der Waals surface area contributed by atoms with Crippen LogP contribution in [0.4, 0.5) is 0 Å². The molecule has 3 unspecified atom stereocenters. The Morgan fingerprint density at radius 1 is 1.18 bits per heavy atom. The molecule has 0 heterocycles. The van der Waals surface area contributed by atoms with E-state index in [9.17, 15) is 18.9 Å². The molecule has 17 heavy (non-hydrogen) atoms. The fourth-order valence-corrected chi connectivity index (χ4v) is 1.37. The molecule has 0 aliphatic rings. The Bertz CT molecular complexity index is 337. The molecule has 1 aromatic carbocycles. The van der Waals surface area contributed by atoms with Gasteiger partial charge in [-0.15, -0.1) is 0 Å². The van der Waals surface area contributed by atoms with E-state index in [0.717, 1.165) is 5.56 Å². The van der Waals surface area contributed by atoms with Crippen molar-refractivity contribution in [3.8, 4) is 0 Å². The van der Waals surface area contributed by atoms with E-state index in [1.54, 1.807) is 12.1 Å². The SMILES string of the molecule is O=[PH]([O-])O[PH](=O)[O-].OC(Cl)c1ccccc1.[Pt+2]. The summed E-state index contributed by atoms with van der Waals surface area (Å²) in [6, 6.07) is 9.10. The molecule has 0 spiro atoms. The Kier molecular flexibility index (Phi) is 13.5. The molecule has 1 N–H and O–H groups in total. The number of rotatable bonds is 3. The van der Waals surface area contributed by atoms with E-state index in [-0.39, 0.29) is 21.1 Å². The molecule has 0 saturated heterocycles. The van der Waals surface area contributed by atoms with E-state index in [4.69, 9.17) is 16.7 Å². The Labute approximate surface area is 119 Å². The van der Waals surface area contributed by atoms with Gasteiger partial charge in [-0.25, -0.2) is 0 Å². The fourth-order valence-electron chi connectivity index (χ4n) is 0.680. The number of benzene rings is 1. The molecule has 10 heteroatoms. The Morgan fingerprint density at radius 2 is 1.59 bits per heavy atom. The van der Waals surface area contributed by atoms with Gasteiger partial charge in [0.2, 0.25) is 0 Å². The molecule has 0 bridgehead atoms. The van der Waals surface area contributed by atoms with E-state index in [2.05, 4.69) is 4.31 Å². The summed E-state index contributed by atoms with van der Waals surface area (Å²) in [5.74, 6) is 0. The van der Waals surface area contributed by atoms with Crippen molar-refractivity contribution in [2.45, 2.75) is 5.56 Å². The summed E-state index contributed by atoms with van der Waals surface area (Å²) in [7, 11) is -7.03. The molecule has 0 aliphatic heterocycles. The Morgan fingerprint density at radius 3 is 1.76 bits per heavy atom. The van der Waals surface area contributed by atoms with Gasteiger partial charge >= 0.3 is 21.1 Å². The van der Waals surface area contributed by atoms with E-state index < -0.39 is 22.1 Å². The van der Waals surface area contributed by atoms with Crippen molar-refractivity contribution in [1.29, 1.82) is 0 Å². The molecular weight excluding hydrogens is 473 g/mol. The maximum Gasteiger partial charge on any atom is 2.00 e. The van der Waals surface area contributed by atoms with Gasteiger partial charge < -0.3 is 24.0 Å². The van der Waals surface area contributed by atoms with Crippen LogP contribution in [0.25, 0.3) is 0 Å². The van der Waals surface area contributed by atoms with Gasteiger partial charge in [0, 0.05) is 0 Å². The summed E-state index contributed by atoms with van der Waals surface area (Å²) in [6.45, 7) is 0. The predicted octanol–water partition coefficient (Wildman–Crippen LogP) is 0.417. The van der Waals surface area contributed by atoms with E-state index in [1.165, 1.54) is 0 Å². The van der Waals surface area contributed by atoms with Crippen LogP contribution in [0.1, 0.15) is 11.1 Å². The van der Waals surface area contributed by atoms with Gasteiger partial charge in [-0.3, -0.25) is 4.31 Å². The van der Waals surface area contributed by atoms with E-state index >= 15 is 0 Å². The standard InChI is InChI=1S/C7H7ClO.H4O5P2.Pt/c8-7(9)6-4-2-1-3-5-6;1-6(2)5-7(3)4;/h1-5,7,9H;6-7H,(H,1,2)(H,3,4);/q;;+2/p-2. The largest absolute Gasteiger partial charge is 2.00 e. The van der Waals surface area contributed by atoms with Gasteiger partial charge in [0.15, 0.2) is 5.56 Å². The minimum Gasteiger partial charge on any atom is -0.781 e. The topological polar surface area (TPSA) is 110 Å². The molecule has 0 fully saturated rings. The van der Waals surface area contributed by atoms with Gasteiger partial charge in [0.1, 0.15) is 16.5 Å². The van der Waals surface area contributed by atoms with Crippen LogP contribution >= 0.6 is 28.1 Å². The quantitative estimate of drug-likeness (QED) is 0.495. The zero-order chi connectivity index (χ0) is 12.6. The Hall–Kier alpha value is 0.498. The monoisotopic (exact) mass is 481 g/mol. The van der Waals surface area contributed by atoms with Crippen LogP contribution in [0.3, 0.4) is 0 Å². The predicted molar refractivity (Wildman–Crippen MR) is 56.3 cm³/mol. The molecule has 0 aliphatic carbocycles. The maximum atomic E-state index is 9.29. The van der Waals surface area contributed by atoms with Crippen molar-refractivity contribution in [2.75, 3.05) is 0 Å². The molecule has 100 valence electrons. The number of hydrogen-bond acceptors (Lipinski definition) is 6. The summed E-state index contributed by atoms with van der Waals surface area (Å²) < 4.78 is 21.8. The zero-order valence-corrected chi connectivity index (χ0v) is 13.2. The molecule has 3 atom stereocenters. The fraction of sp³-hybridized carbons (Fsp3) is 0.143. The molecule has 0 radical (unpaired) electrons. The molecule has 1 rings (SSSR count). The van der Waals surface area contributed by atoms with Crippen molar-refractivity contribution in [1.82, 2.24) is 0 Å². The van der Waals surface area contributed by atoms with E-state index in [0.29, 0.717) is 0 Å². The van der Waals surface area contributed by atoms with Gasteiger partial charge in [-0.05, 0) is 5.56 Å². The summed E-state index contributed by atoms with van der Waals surface area (Å²) in [5, 5.41) is 8.79. The number of aliphatic hydroxyl groups excluding tert-OH is 1. The van der Waals surface area contributed by atoms with Crippen molar-refractivity contribution >= 4 is 28.1 Å². The molecule has 6 nitrogen and oxygen atoms in total. The van der Waals surface area contributed by atoms with Gasteiger partial charge in [0.25, 0.3) is 0 Å². The van der Waals surface area contributed by atoms with Gasteiger partial charge in [0.05, 0.1) is 0 Å². The van der Waals surface area contributed by atoms with Crippen molar-refractivity contribution in [3.63, 3.8) is 0 Å². The van der Waals surface area contributed by atoms with Crippen LogP contribution < -0.4 is 9.79 Å². The van der Waals surface area contributed by atoms with Gasteiger partial charge in [-0.1, -0.05) is 41.9 Å². The first-order valence-electron chi connectivity index (χ1n) is 3.90. The third kappa shape index (κ3) is 12.7. The minimum atomic E-state index is -3.51. The van der Waals surface area contributed by atoms with Crippen LogP contribution in [-0.4, -0.2) is 5.11 Å². The maximum absolute atomic E-state index is 9.29. The summed E-state index contributed by atoms with van der Waals surface area (Å²) >= 11 is 5.36. The smallest absolute Gasteiger partial charge is 0.781 e. The third-order valence-electron chi connectivity index (χ3n) is 1.24. The van der Waals surface area contributed by atoms with Crippen LogP contribution in [-0.2, 0) is 34.5 Å². The van der Waals surface area contributed by atoms with Crippen molar-refractivity contribution in [3.05, 3.63) is 35.9 Å². The second kappa shape index (κ2) is 11.6.